The van der Waals surface area contributed by atoms with Gasteiger partial charge in [0.15, 0.2) is 5.82 Å². The molecule has 30 heavy (non-hydrogen) atoms. The van der Waals surface area contributed by atoms with Gasteiger partial charge in [0, 0.05) is 24.7 Å². The zero-order valence-corrected chi connectivity index (χ0v) is 16.5. The molecule has 5 nitrogen and oxygen atoms in total. The summed E-state index contributed by atoms with van der Waals surface area (Å²) in [6.45, 7) is 1.60. The van der Waals surface area contributed by atoms with Crippen LogP contribution in [-0.2, 0) is 6.18 Å². The molecule has 1 N–H and O–H groups in total. The van der Waals surface area contributed by atoms with Crippen LogP contribution >= 0.6 is 0 Å². The fourth-order valence-corrected chi connectivity index (χ4v) is 4.80. The highest BCUT2D eigenvalue weighted by Gasteiger charge is 2.41. The highest BCUT2D eigenvalue weighted by molar-refractivity contribution is 5.97. The van der Waals surface area contributed by atoms with E-state index < -0.39 is 11.7 Å². The van der Waals surface area contributed by atoms with Gasteiger partial charge in [-0.3, -0.25) is 4.90 Å². The number of aromatic nitrogens is 1. The Morgan fingerprint density at radius 1 is 1.10 bits per heavy atom. The molecular weight excluding hydrogens is 393 g/mol. The molecule has 1 aromatic carbocycles. The monoisotopic (exact) mass is 416 g/mol. The third-order valence-electron chi connectivity index (χ3n) is 6.34. The van der Waals surface area contributed by atoms with Crippen LogP contribution in [-0.4, -0.2) is 36.2 Å². The Morgan fingerprint density at radius 3 is 2.67 bits per heavy atom. The van der Waals surface area contributed by atoms with E-state index >= 15 is 0 Å². The smallest absolute Gasteiger partial charge is 0.366 e. The Kier molecular flexibility index (Phi) is 4.60. The van der Waals surface area contributed by atoms with Crippen molar-refractivity contribution >= 4 is 17.5 Å². The Balaban J connectivity index is 1.51. The lowest BCUT2D eigenvalue weighted by molar-refractivity contribution is -0.137. The number of nitrogens with zero attached hydrogens (tertiary/aromatic N) is 3. The van der Waals surface area contributed by atoms with Gasteiger partial charge in [0.2, 0.25) is 0 Å². The second-order valence-corrected chi connectivity index (χ2v) is 8.31. The van der Waals surface area contributed by atoms with Crippen LogP contribution in [0.2, 0.25) is 0 Å². The highest BCUT2D eigenvalue weighted by atomic mass is 19.4. The van der Waals surface area contributed by atoms with Crippen LogP contribution in [0.5, 0.6) is 0 Å². The average molecular weight is 416 g/mol. The van der Waals surface area contributed by atoms with Crippen LogP contribution in [0.15, 0.2) is 36.4 Å². The number of urea groups is 1. The molecule has 2 aliphatic heterocycles. The van der Waals surface area contributed by atoms with Crippen molar-refractivity contribution in [1.29, 1.82) is 0 Å². The van der Waals surface area contributed by atoms with Crippen molar-refractivity contribution < 1.29 is 18.0 Å². The third-order valence-corrected chi connectivity index (χ3v) is 6.34. The van der Waals surface area contributed by atoms with Crippen LogP contribution < -0.4 is 15.1 Å². The number of anilines is 2. The lowest BCUT2D eigenvalue weighted by Gasteiger charge is -2.36. The lowest BCUT2D eigenvalue weighted by atomic mass is 10.1. The molecule has 1 aliphatic carbocycles. The van der Waals surface area contributed by atoms with Crippen molar-refractivity contribution in [3.63, 3.8) is 0 Å². The van der Waals surface area contributed by atoms with Crippen LogP contribution in [0, 0.1) is 0 Å². The van der Waals surface area contributed by atoms with E-state index in [0.29, 0.717) is 17.1 Å². The average Bonchev–Trinajstić information content (AvgIpc) is 3.38. The van der Waals surface area contributed by atoms with Gasteiger partial charge in [-0.1, -0.05) is 25.0 Å². The first-order valence-corrected chi connectivity index (χ1v) is 10.4. The summed E-state index contributed by atoms with van der Waals surface area (Å²) in [5.74, 6) is 0.536. The maximum atomic E-state index is 13.1. The summed E-state index contributed by atoms with van der Waals surface area (Å²) in [7, 11) is 0. The number of fused-ring (bicyclic) bond motifs is 4. The van der Waals surface area contributed by atoms with Gasteiger partial charge in [0.05, 0.1) is 23.0 Å². The van der Waals surface area contributed by atoms with E-state index in [1.54, 1.807) is 17.0 Å². The number of hydrogen-bond donors (Lipinski definition) is 1. The zero-order chi connectivity index (χ0) is 20.9. The molecule has 3 heterocycles. The molecule has 1 saturated heterocycles. The number of halogens is 3. The molecule has 2 amide bonds. The van der Waals surface area contributed by atoms with Crippen LogP contribution in [0.25, 0.3) is 11.3 Å². The number of hydrogen-bond acceptors (Lipinski definition) is 3. The van der Waals surface area contributed by atoms with E-state index in [1.807, 2.05) is 6.07 Å². The SMILES string of the molecule is O=C(NC1CCCC1)N1c2nc(-c3cccc(C(F)(F)F)c3)ccc2N2CC[C@H]1C2. The third kappa shape index (κ3) is 3.38. The van der Waals surface area contributed by atoms with E-state index in [1.165, 1.54) is 6.07 Å². The molecule has 1 saturated carbocycles. The zero-order valence-electron chi connectivity index (χ0n) is 16.5. The summed E-state index contributed by atoms with van der Waals surface area (Å²) in [4.78, 5) is 21.8. The van der Waals surface area contributed by atoms with Crippen molar-refractivity contribution in [2.75, 3.05) is 22.9 Å². The van der Waals surface area contributed by atoms with E-state index in [9.17, 15) is 18.0 Å². The molecule has 0 radical (unpaired) electrons. The topological polar surface area (TPSA) is 48.5 Å². The number of carbonyl (C=O) groups excluding carboxylic acids is 1. The Bertz CT molecular complexity index is 971. The summed E-state index contributed by atoms with van der Waals surface area (Å²) in [6.07, 6.45) is 0.658. The molecule has 2 aromatic rings. The predicted molar refractivity (Wildman–Crippen MR) is 109 cm³/mol. The second-order valence-electron chi connectivity index (χ2n) is 8.31. The molecule has 2 fully saturated rings. The fourth-order valence-electron chi connectivity index (χ4n) is 4.80. The number of alkyl halides is 3. The largest absolute Gasteiger partial charge is 0.416 e. The molecule has 8 heteroatoms. The van der Waals surface area contributed by atoms with E-state index in [-0.39, 0.29) is 18.1 Å². The normalized spacial score (nSPS) is 21.1. The Labute approximate surface area is 172 Å². The molecule has 0 spiro atoms. The van der Waals surface area contributed by atoms with Crippen molar-refractivity contribution in [2.45, 2.75) is 50.4 Å². The molecular formula is C22H23F3N4O. The quantitative estimate of drug-likeness (QED) is 0.764. The van der Waals surface area contributed by atoms with Crippen LogP contribution in [0.4, 0.5) is 29.5 Å². The van der Waals surface area contributed by atoms with Crippen molar-refractivity contribution in [1.82, 2.24) is 10.3 Å². The number of nitrogens with one attached hydrogen (secondary N) is 1. The molecule has 158 valence electrons. The fraction of sp³-hybridized carbons (Fsp3) is 0.455. The lowest BCUT2D eigenvalue weighted by Crippen LogP contribution is -2.52. The van der Waals surface area contributed by atoms with E-state index in [4.69, 9.17) is 0 Å². The summed E-state index contributed by atoms with van der Waals surface area (Å²) < 4.78 is 39.4. The standard InChI is InChI=1S/C22H23F3N4O/c23-22(24,25)15-5-3-4-14(12-15)18-8-9-19-20(27-18)29(17-10-11-28(19)13-17)21(30)26-16-6-1-2-7-16/h3-5,8-9,12,16-17H,1-2,6-7,10-11,13H2,(H,26,30)/t17-/m0/s1. The van der Waals surface area contributed by atoms with Crippen molar-refractivity contribution in [2.24, 2.45) is 0 Å². The van der Waals surface area contributed by atoms with Gasteiger partial charge in [-0.2, -0.15) is 13.2 Å². The number of amides is 2. The minimum Gasteiger partial charge on any atom is -0.366 e. The van der Waals surface area contributed by atoms with Crippen molar-refractivity contribution in [3.05, 3.63) is 42.0 Å². The first-order valence-electron chi connectivity index (χ1n) is 10.4. The molecule has 2 bridgehead atoms. The first kappa shape index (κ1) is 19.2. The molecule has 1 atom stereocenters. The van der Waals surface area contributed by atoms with Gasteiger partial charge >= 0.3 is 12.2 Å². The van der Waals surface area contributed by atoms with Crippen LogP contribution in [0.1, 0.15) is 37.7 Å². The predicted octanol–water partition coefficient (Wildman–Crippen LogP) is 4.82. The second kappa shape index (κ2) is 7.18. The summed E-state index contributed by atoms with van der Waals surface area (Å²) in [5.41, 5.74) is 0.970. The van der Waals surface area contributed by atoms with Crippen molar-refractivity contribution in [3.8, 4) is 11.3 Å². The maximum absolute atomic E-state index is 13.1. The van der Waals surface area contributed by atoms with E-state index in [2.05, 4.69) is 15.2 Å². The van der Waals surface area contributed by atoms with Gasteiger partial charge < -0.3 is 10.2 Å². The number of rotatable bonds is 2. The number of pyridine rings is 1. The Hall–Kier alpha value is -2.77. The summed E-state index contributed by atoms with van der Waals surface area (Å²) in [5, 5.41) is 3.14. The van der Waals surface area contributed by atoms with Crippen LogP contribution in [0.3, 0.4) is 0 Å². The van der Waals surface area contributed by atoms with Gasteiger partial charge in [-0.25, -0.2) is 9.78 Å². The number of benzene rings is 1. The summed E-state index contributed by atoms with van der Waals surface area (Å²) in [6, 6.07) is 8.83. The maximum Gasteiger partial charge on any atom is 0.416 e. The van der Waals surface area contributed by atoms with Gasteiger partial charge in [0.1, 0.15) is 0 Å². The minimum atomic E-state index is -4.41. The van der Waals surface area contributed by atoms with Gasteiger partial charge in [-0.15, -0.1) is 0 Å². The van der Waals surface area contributed by atoms with E-state index in [0.717, 1.165) is 63.0 Å². The Morgan fingerprint density at radius 2 is 1.90 bits per heavy atom. The minimum absolute atomic E-state index is 0.0307. The molecule has 3 aliphatic rings. The molecule has 0 unspecified atom stereocenters. The number of carbonyl (C=O) groups is 1. The molecule has 1 aromatic heterocycles. The highest BCUT2D eigenvalue weighted by Crippen LogP contribution is 2.41. The van der Waals surface area contributed by atoms with Gasteiger partial charge in [-0.05, 0) is 43.5 Å². The summed E-state index contributed by atoms with van der Waals surface area (Å²) >= 11 is 0. The molecule has 5 rings (SSSR count). The van der Waals surface area contributed by atoms with Gasteiger partial charge in [0.25, 0.3) is 0 Å². The first-order chi connectivity index (χ1) is 14.4.